The average molecular weight is 386 g/mol. The number of carboxylic acids is 1. The highest BCUT2D eigenvalue weighted by molar-refractivity contribution is 14.1. The van der Waals surface area contributed by atoms with Crippen LogP contribution in [0.25, 0.3) is 0 Å². The van der Waals surface area contributed by atoms with Crippen LogP contribution in [0.5, 0.6) is 0 Å². The molecule has 0 aliphatic heterocycles. The van der Waals surface area contributed by atoms with E-state index >= 15 is 0 Å². The Morgan fingerprint density at radius 3 is 2.90 bits per heavy atom. The minimum atomic E-state index is -0.996. The zero-order chi connectivity index (χ0) is 14.5. The van der Waals surface area contributed by atoms with Crippen LogP contribution < -0.4 is 5.32 Å². The highest BCUT2D eigenvalue weighted by Crippen LogP contribution is 2.07. The standard InChI is InChI=1S/C12H11IN4O3/c13-9-3-1-2-8(4-9)12(20)14-5-10-6-17(16-15-10)7-11(18)19/h1-4,6H,5,7H2,(H,14,20)(H,18,19). The van der Waals surface area contributed by atoms with E-state index in [1.807, 2.05) is 6.07 Å². The maximum Gasteiger partial charge on any atom is 0.325 e. The first-order chi connectivity index (χ1) is 9.54. The second-order valence-corrected chi connectivity index (χ2v) is 5.24. The zero-order valence-corrected chi connectivity index (χ0v) is 12.4. The zero-order valence-electron chi connectivity index (χ0n) is 10.3. The van der Waals surface area contributed by atoms with E-state index in [0.717, 1.165) is 3.57 Å². The lowest BCUT2D eigenvalue weighted by Crippen LogP contribution is -2.23. The van der Waals surface area contributed by atoms with Gasteiger partial charge >= 0.3 is 5.97 Å². The van der Waals surface area contributed by atoms with Crippen LogP contribution in [-0.2, 0) is 17.9 Å². The van der Waals surface area contributed by atoms with Gasteiger partial charge in [0.2, 0.25) is 0 Å². The van der Waals surface area contributed by atoms with Crippen molar-refractivity contribution in [3.63, 3.8) is 0 Å². The Balaban J connectivity index is 1.93. The van der Waals surface area contributed by atoms with Crippen molar-refractivity contribution in [3.8, 4) is 0 Å². The van der Waals surface area contributed by atoms with E-state index in [9.17, 15) is 9.59 Å². The molecule has 0 bridgehead atoms. The summed E-state index contributed by atoms with van der Waals surface area (Å²) in [4.78, 5) is 22.4. The smallest absolute Gasteiger partial charge is 0.325 e. The minimum absolute atomic E-state index is 0.198. The van der Waals surface area contributed by atoms with Gasteiger partial charge in [0, 0.05) is 9.13 Å². The van der Waals surface area contributed by atoms with Gasteiger partial charge in [-0.25, -0.2) is 4.68 Å². The molecule has 1 aromatic heterocycles. The maximum absolute atomic E-state index is 11.9. The second-order valence-electron chi connectivity index (χ2n) is 3.99. The molecule has 0 aliphatic rings. The van der Waals surface area contributed by atoms with E-state index in [2.05, 4.69) is 38.2 Å². The number of halogens is 1. The van der Waals surface area contributed by atoms with Gasteiger partial charge in [-0.15, -0.1) is 5.10 Å². The quantitative estimate of drug-likeness (QED) is 0.745. The number of amides is 1. The van der Waals surface area contributed by atoms with E-state index in [1.54, 1.807) is 18.2 Å². The van der Waals surface area contributed by atoms with E-state index < -0.39 is 5.97 Å². The van der Waals surface area contributed by atoms with E-state index in [4.69, 9.17) is 5.11 Å². The van der Waals surface area contributed by atoms with Crippen LogP contribution in [0.2, 0.25) is 0 Å². The minimum Gasteiger partial charge on any atom is -0.480 e. The van der Waals surface area contributed by atoms with Crippen molar-refractivity contribution in [3.05, 3.63) is 45.3 Å². The lowest BCUT2D eigenvalue weighted by Gasteiger charge is -2.03. The Morgan fingerprint density at radius 1 is 1.40 bits per heavy atom. The Morgan fingerprint density at radius 2 is 2.20 bits per heavy atom. The number of aliphatic carboxylic acids is 1. The summed E-state index contributed by atoms with van der Waals surface area (Å²) in [7, 11) is 0. The fourth-order valence-corrected chi connectivity index (χ4v) is 2.08. The van der Waals surface area contributed by atoms with Crippen LogP contribution in [0, 0.1) is 3.57 Å². The van der Waals surface area contributed by atoms with E-state index in [1.165, 1.54) is 10.9 Å². The van der Waals surface area contributed by atoms with Crippen LogP contribution in [0.3, 0.4) is 0 Å². The normalized spacial score (nSPS) is 10.2. The number of aromatic nitrogens is 3. The van der Waals surface area contributed by atoms with Gasteiger partial charge in [-0.05, 0) is 40.8 Å². The molecule has 1 amide bonds. The summed E-state index contributed by atoms with van der Waals surface area (Å²) in [5.74, 6) is -1.21. The molecular weight excluding hydrogens is 375 g/mol. The van der Waals surface area contributed by atoms with Crippen molar-refractivity contribution in [2.75, 3.05) is 0 Å². The summed E-state index contributed by atoms with van der Waals surface area (Å²) >= 11 is 2.13. The molecule has 0 radical (unpaired) electrons. The summed E-state index contributed by atoms with van der Waals surface area (Å²) in [6.45, 7) is -0.0538. The second kappa shape index (κ2) is 6.46. The Labute approximate surface area is 128 Å². The molecule has 0 saturated carbocycles. The molecule has 2 N–H and O–H groups in total. The highest BCUT2D eigenvalue weighted by Gasteiger charge is 2.08. The molecule has 0 fully saturated rings. The molecular formula is C12H11IN4O3. The SMILES string of the molecule is O=C(O)Cn1cc(CNC(=O)c2cccc(I)c2)nn1. The van der Waals surface area contributed by atoms with Crippen molar-refractivity contribution < 1.29 is 14.7 Å². The number of hydrogen-bond acceptors (Lipinski definition) is 4. The molecule has 104 valence electrons. The Bertz CT molecular complexity index is 641. The third kappa shape index (κ3) is 4.02. The van der Waals surface area contributed by atoms with Crippen molar-refractivity contribution in [2.24, 2.45) is 0 Å². The molecule has 0 spiro atoms. The summed E-state index contributed by atoms with van der Waals surface area (Å²) < 4.78 is 2.18. The van der Waals surface area contributed by atoms with Crippen molar-refractivity contribution in [1.82, 2.24) is 20.3 Å². The molecule has 7 nitrogen and oxygen atoms in total. The number of carbonyl (C=O) groups is 2. The van der Waals surface area contributed by atoms with Gasteiger partial charge in [-0.3, -0.25) is 9.59 Å². The predicted octanol–water partition coefficient (Wildman–Crippen LogP) is 0.897. The number of nitrogens with zero attached hydrogens (tertiary/aromatic N) is 3. The first-order valence-corrected chi connectivity index (χ1v) is 6.77. The fourth-order valence-electron chi connectivity index (χ4n) is 1.54. The van der Waals surface area contributed by atoms with E-state index in [0.29, 0.717) is 11.3 Å². The molecule has 0 unspecified atom stereocenters. The van der Waals surface area contributed by atoms with Crippen molar-refractivity contribution in [1.29, 1.82) is 0 Å². The molecule has 1 aromatic carbocycles. The van der Waals surface area contributed by atoms with Crippen molar-refractivity contribution in [2.45, 2.75) is 13.1 Å². The predicted molar refractivity (Wildman–Crippen MR) is 78.0 cm³/mol. The molecule has 0 atom stereocenters. The van der Waals surface area contributed by atoms with Gasteiger partial charge in [-0.2, -0.15) is 0 Å². The Hall–Kier alpha value is -1.97. The van der Waals surface area contributed by atoms with Gasteiger partial charge in [0.25, 0.3) is 5.91 Å². The topological polar surface area (TPSA) is 97.1 Å². The van der Waals surface area contributed by atoms with Crippen LogP contribution in [0.4, 0.5) is 0 Å². The first kappa shape index (κ1) is 14.4. The fraction of sp³-hybridized carbons (Fsp3) is 0.167. The summed E-state index contributed by atoms with van der Waals surface area (Å²) in [5, 5.41) is 18.8. The van der Waals surface area contributed by atoms with Crippen LogP contribution in [0.1, 0.15) is 16.1 Å². The first-order valence-electron chi connectivity index (χ1n) is 5.69. The largest absolute Gasteiger partial charge is 0.480 e. The number of carboxylic acid groups (broad SMARTS) is 1. The third-order valence-corrected chi connectivity index (χ3v) is 3.07. The average Bonchev–Trinajstić information content (AvgIpc) is 2.82. The van der Waals surface area contributed by atoms with Gasteiger partial charge in [-0.1, -0.05) is 11.3 Å². The van der Waals surface area contributed by atoms with E-state index in [-0.39, 0.29) is 19.0 Å². The van der Waals surface area contributed by atoms with Crippen LogP contribution >= 0.6 is 22.6 Å². The molecule has 2 rings (SSSR count). The van der Waals surface area contributed by atoms with Crippen molar-refractivity contribution >= 4 is 34.5 Å². The van der Waals surface area contributed by atoms with Gasteiger partial charge < -0.3 is 10.4 Å². The maximum atomic E-state index is 11.9. The number of carbonyl (C=O) groups excluding carboxylic acids is 1. The summed E-state index contributed by atoms with van der Waals surface area (Å²) in [5.41, 5.74) is 1.07. The van der Waals surface area contributed by atoms with Gasteiger partial charge in [0.1, 0.15) is 12.2 Å². The molecule has 1 heterocycles. The van der Waals surface area contributed by atoms with Gasteiger partial charge in [0.05, 0.1) is 12.7 Å². The molecule has 0 saturated heterocycles. The summed E-state index contributed by atoms with van der Waals surface area (Å²) in [6.07, 6.45) is 1.49. The molecule has 0 aliphatic carbocycles. The highest BCUT2D eigenvalue weighted by atomic mass is 127. The summed E-state index contributed by atoms with van der Waals surface area (Å²) in [6, 6.07) is 7.20. The number of benzene rings is 1. The third-order valence-electron chi connectivity index (χ3n) is 2.40. The number of hydrogen-bond donors (Lipinski definition) is 2. The monoisotopic (exact) mass is 386 g/mol. The van der Waals surface area contributed by atoms with Gasteiger partial charge in [0.15, 0.2) is 0 Å². The molecule has 8 heteroatoms. The molecule has 20 heavy (non-hydrogen) atoms. The molecule has 2 aromatic rings. The number of rotatable bonds is 5. The lowest BCUT2D eigenvalue weighted by molar-refractivity contribution is -0.137. The van der Waals surface area contributed by atoms with Crippen LogP contribution in [0.15, 0.2) is 30.5 Å². The Kier molecular flexibility index (Phi) is 4.66. The lowest BCUT2D eigenvalue weighted by atomic mass is 10.2. The number of nitrogens with one attached hydrogen (secondary N) is 1. The van der Waals surface area contributed by atoms with Crippen LogP contribution in [-0.4, -0.2) is 32.0 Å².